The Hall–Kier alpha value is -1.02. The predicted molar refractivity (Wildman–Crippen MR) is 52.8 cm³/mol. The van der Waals surface area contributed by atoms with Crippen molar-refractivity contribution in [3.8, 4) is 5.75 Å². The van der Waals surface area contributed by atoms with Crippen molar-refractivity contribution < 1.29 is 5.11 Å². The summed E-state index contributed by atoms with van der Waals surface area (Å²) in [5.41, 5.74) is 2.32. The average Bonchev–Trinajstić information content (AvgIpc) is 2.90. The summed E-state index contributed by atoms with van der Waals surface area (Å²) in [6, 6.07) is 5.78. The van der Waals surface area contributed by atoms with Crippen LogP contribution in [0.15, 0.2) is 18.2 Å². The summed E-state index contributed by atoms with van der Waals surface area (Å²) in [5, 5.41) is 13.0. The number of hydrogen-bond donors (Lipinski definition) is 2. The van der Waals surface area contributed by atoms with E-state index in [2.05, 4.69) is 18.3 Å². The highest BCUT2D eigenvalue weighted by molar-refractivity contribution is 5.43. The largest absolute Gasteiger partial charge is 0.508 e. The smallest absolute Gasteiger partial charge is 0.120 e. The van der Waals surface area contributed by atoms with Gasteiger partial charge in [-0.1, -0.05) is 17.7 Å². The van der Waals surface area contributed by atoms with Crippen LogP contribution in [0, 0.1) is 6.92 Å². The Morgan fingerprint density at radius 3 is 2.62 bits per heavy atom. The van der Waals surface area contributed by atoms with Crippen molar-refractivity contribution in [2.45, 2.75) is 25.3 Å². The van der Waals surface area contributed by atoms with Crippen molar-refractivity contribution in [3.63, 3.8) is 0 Å². The van der Waals surface area contributed by atoms with Crippen LogP contribution in [0.2, 0.25) is 0 Å². The lowest BCUT2D eigenvalue weighted by Gasteiger charge is -2.16. The Morgan fingerprint density at radius 2 is 2.08 bits per heavy atom. The molecule has 2 N–H and O–H groups in total. The van der Waals surface area contributed by atoms with E-state index in [4.69, 9.17) is 0 Å². The van der Waals surface area contributed by atoms with E-state index in [0.717, 1.165) is 18.4 Å². The first kappa shape index (κ1) is 8.57. The van der Waals surface area contributed by atoms with Crippen LogP contribution in [0.25, 0.3) is 0 Å². The minimum absolute atomic E-state index is 0.0656. The van der Waals surface area contributed by atoms with E-state index in [9.17, 15) is 5.11 Å². The van der Waals surface area contributed by atoms with Crippen molar-refractivity contribution in [2.75, 3.05) is 7.05 Å². The van der Waals surface area contributed by atoms with Gasteiger partial charge in [0.05, 0.1) is 0 Å². The zero-order valence-corrected chi connectivity index (χ0v) is 8.09. The maximum absolute atomic E-state index is 9.70. The highest BCUT2D eigenvalue weighted by Crippen LogP contribution is 2.48. The molecule has 0 aliphatic heterocycles. The molecule has 70 valence electrons. The van der Waals surface area contributed by atoms with E-state index in [1.165, 1.54) is 5.56 Å². The third-order valence-corrected chi connectivity index (χ3v) is 2.90. The van der Waals surface area contributed by atoms with Gasteiger partial charge in [-0.3, -0.25) is 0 Å². The van der Waals surface area contributed by atoms with Crippen LogP contribution in [0.5, 0.6) is 5.75 Å². The topological polar surface area (TPSA) is 32.3 Å². The molecule has 0 amide bonds. The molecular weight excluding hydrogens is 162 g/mol. The van der Waals surface area contributed by atoms with Gasteiger partial charge in [-0.25, -0.2) is 0 Å². The fraction of sp³-hybridized carbons (Fsp3) is 0.455. The van der Waals surface area contributed by atoms with Crippen LogP contribution >= 0.6 is 0 Å². The SMILES string of the molecule is CNC1(c2cc(C)ccc2O)CC1. The molecule has 1 aliphatic carbocycles. The van der Waals surface area contributed by atoms with Gasteiger partial charge in [0.15, 0.2) is 0 Å². The molecular formula is C11H15NO. The Morgan fingerprint density at radius 1 is 1.38 bits per heavy atom. The van der Waals surface area contributed by atoms with E-state index in [1.54, 1.807) is 6.07 Å². The number of aromatic hydroxyl groups is 1. The molecule has 1 aromatic carbocycles. The summed E-state index contributed by atoms with van der Waals surface area (Å²) < 4.78 is 0. The van der Waals surface area contributed by atoms with Crippen molar-refractivity contribution in [1.29, 1.82) is 0 Å². The fourth-order valence-corrected chi connectivity index (χ4v) is 1.81. The minimum atomic E-state index is 0.0656. The molecule has 2 heteroatoms. The van der Waals surface area contributed by atoms with Crippen LogP contribution in [0.3, 0.4) is 0 Å². The first-order chi connectivity index (χ1) is 6.18. The molecule has 0 atom stereocenters. The van der Waals surface area contributed by atoms with Gasteiger partial charge in [0.1, 0.15) is 5.75 Å². The first-order valence-electron chi connectivity index (χ1n) is 4.67. The van der Waals surface area contributed by atoms with Crippen LogP contribution in [0.1, 0.15) is 24.0 Å². The standard InChI is InChI=1S/C11H15NO/c1-8-3-4-10(13)9(7-8)11(12-2)5-6-11/h3-4,7,12-13H,5-6H2,1-2H3. The second-order valence-corrected chi connectivity index (χ2v) is 3.85. The van der Waals surface area contributed by atoms with Gasteiger partial charge < -0.3 is 10.4 Å². The number of rotatable bonds is 2. The van der Waals surface area contributed by atoms with Gasteiger partial charge in [-0.05, 0) is 32.9 Å². The zero-order chi connectivity index (χ0) is 9.47. The maximum atomic E-state index is 9.70. The van der Waals surface area contributed by atoms with Crippen LogP contribution in [0.4, 0.5) is 0 Å². The minimum Gasteiger partial charge on any atom is -0.508 e. The summed E-state index contributed by atoms with van der Waals surface area (Å²) in [6.07, 6.45) is 2.25. The number of phenols is 1. The van der Waals surface area contributed by atoms with Crippen molar-refractivity contribution in [1.82, 2.24) is 5.32 Å². The monoisotopic (exact) mass is 177 g/mol. The molecule has 0 aromatic heterocycles. The number of benzene rings is 1. The number of phenolic OH excluding ortho intramolecular Hbond substituents is 1. The lowest BCUT2D eigenvalue weighted by Crippen LogP contribution is -2.24. The molecule has 2 nitrogen and oxygen atoms in total. The van der Waals surface area contributed by atoms with Crippen LogP contribution < -0.4 is 5.32 Å². The molecule has 13 heavy (non-hydrogen) atoms. The predicted octanol–water partition coefficient (Wildman–Crippen LogP) is 1.91. The lowest BCUT2D eigenvalue weighted by atomic mass is 10.0. The second-order valence-electron chi connectivity index (χ2n) is 3.85. The van der Waals surface area contributed by atoms with E-state index in [0.29, 0.717) is 5.75 Å². The molecule has 0 heterocycles. The van der Waals surface area contributed by atoms with Crippen LogP contribution in [-0.2, 0) is 5.54 Å². The van der Waals surface area contributed by atoms with Gasteiger partial charge in [0.25, 0.3) is 0 Å². The molecule has 0 unspecified atom stereocenters. The van der Waals surface area contributed by atoms with Crippen molar-refractivity contribution >= 4 is 0 Å². The van der Waals surface area contributed by atoms with Gasteiger partial charge in [-0.15, -0.1) is 0 Å². The highest BCUT2D eigenvalue weighted by Gasteiger charge is 2.44. The summed E-state index contributed by atoms with van der Waals surface area (Å²) in [6.45, 7) is 2.05. The van der Waals surface area contributed by atoms with Gasteiger partial charge in [0.2, 0.25) is 0 Å². The van der Waals surface area contributed by atoms with Gasteiger partial charge in [-0.2, -0.15) is 0 Å². The third kappa shape index (κ3) is 1.31. The molecule has 2 rings (SSSR count). The van der Waals surface area contributed by atoms with E-state index in [1.807, 2.05) is 13.1 Å². The maximum Gasteiger partial charge on any atom is 0.120 e. The summed E-state index contributed by atoms with van der Waals surface area (Å²) in [4.78, 5) is 0. The molecule has 0 spiro atoms. The Kier molecular flexibility index (Phi) is 1.81. The Labute approximate surface area is 78.6 Å². The zero-order valence-electron chi connectivity index (χ0n) is 8.09. The molecule has 0 saturated heterocycles. The van der Waals surface area contributed by atoms with E-state index in [-0.39, 0.29) is 5.54 Å². The van der Waals surface area contributed by atoms with Crippen molar-refractivity contribution in [2.24, 2.45) is 0 Å². The summed E-state index contributed by atoms with van der Waals surface area (Å²) >= 11 is 0. The van der Waals surface area contributed by atoms with Crippen LogP contribution in [-0.4, -0.2) is 12.2 Å². The van der Waals surface area contributed by atoms with Gasteiger partial charge in [0, 0.05) is 11.1 Å². The summed E-state index contributed by atoms with van der Waals surface area (Å²) in [5.74, 6) is 0.414. The molecule has 1 aliphatic rings. The molecule has 0 radical (unpaired) electrons. The van der Waals surface area contributed by atoms with Gasteiger partial charge >= 0.3 is 0 Å². The highest BCUT2D eigenvalue weighted by atomic mass is 16.3. The summed E-state index contributed by atoms with van der Waals surface area (Å²) in [7, 11) is 1.95. The molecule has 1 saturated carbocycles. The fourth-order valence-electron chi connectivity index (χ4n) is 1.81. The number of nitrogens with one attached hydrogen (secondary N) is 1. The molecule has 1 fully saturated rings. The normalized spacial score (nSPS) is 18.6. The average molecular weight is 177 g/mol. The van der Waals surface area contributed by atoms with E-state index < -0.39 is 0 Å². The van der Waals surface area contributed by atoms with E-state index >= 15 is 0 Å². The second kappa shape index (κ2) is 2.74. The van der Waals surface area contributed by atoms with Crippen molar-refractivity contribution in [3.05, 3.63) is 29.3 Å². The number of hydrogen-bond acceptors (Lipinski definition) is 2. The lowest BCUT2D eigenvalue weighted by molar-refractivity contribution is 0.448. The first-order valence-corrected chi connectivity index (χ1v) is 4.67. The Balaban J connectivity index is 2.44. The quantitative estimate of drug-likeness (QED) is 0.723. The third-order valence-electron chi connectivity index (χ3n) is 2.90. The molecule has 0 bridgehead atoms. The Bertz CT molecular complexity index is 329. The molecule has 1 aromatic rings. The number of aryl methyl sites for hydroxylation is 1.